The number of aromatic nitrogens is 2. The van der Waals surface area contributed by atoms with Gasteiger partial charge in [-0.15, -0.1) is 0 Å². The summed E-state index contributed by atoms with van der Waals surface area (Å²) in [5.74, 6) is 1.68. The predicted molar refractivity (Wildman–Crippen MR) is 183 cm³/mol. The summed E-state index contributed by atoms with van der Waals surface area (Å²) in [4.78, 5) is 5.10. The van der Waals surface area contributed by atoms with E-state index in [2.05, 4.69) is 98.4 Å². The van der Waals surface area contributed by atoms with Crippen molar-refractivity contribution in [3.05, 3.63) is 90.0 Å². The van der Waals surface area contributed by atoms with Gasteiger partial charge in [0.05, 0.1) is 0 Å². The number of hydrogen-bond donors (Lipinski definition) is 0. The normalized spacial score (nSPS) is 13.7. The number of rotatable bonds is 24. The molecule has 0 aliphatic heterocycles. The Kier molecular flexibility index (Phi) is 16.7. The summed E-state index contributed by atoms with van der Waals surface area (Å²) >= 11 is 0. The second-order valence-electron chi connectivity index (χ2n) is 13.1. The molecule has 0 saturated heterocycles. The third kappa shape index (κ3) is 11.7. The van der Waals surface area contributed by atoms with Gasteiger partial charge in [0.2, 0.25) is 0 Å². The van der Waals surface area contributed by atoms with Crippen LogP contribution in [0.2, 0.25) is 0 Å². The summed E-state index contributed by atoms with van der Waals surface area (Å²) in [6.07, 6.45) is 29.8. The molecule has 2 atom stereocenters. The van der Waals surface area contributed by atoms with Crippen LogP contribution in [0.25, 0.3) is 0 Å². The van der Waals surface area contributed by atoms with Crippen LogP contribution >= 0.6 is 0 Å². The van der Waals surface area contributed by atoms with Crippen molar-refractivity contribution in [3.63, 3.8) is 0 Å². The van der Waals surface area contributed by atoms with E-state index in [0.717, 1.165) is 13.0 Å². The van der Waals surface area contributed by atoms with Crippen LogP contribution in [0.5, 0.6) is 0 Å². The van der Waals surface area contributed by atoms with Crippen LogP contribution in [-0.2, 0) is 18.4 Å². The van der Waals surface area contributed by atoms with E-state index in [-0.39, 0.29) is 5.41 Å². The SMILES string of the molecule is CCCCCCCCCCCCCCC(c1nccn1CCCCCCC)C(C)(Cc1ccccc1)c1ccccc1. The molecule has 0 bridgehead atoms. The summed E-state index contributed by atoms with van der Waals surface area (Å²) in [7, 11) is 0. The highest BCUT2D eigenvalue weighted by atomic mass is 15.1. The highest BCUT2D eigenvalue weighted by Gasteiger charge is 2.39. The lowest BCUT2D eigenvalue weighted by Crippen LogP contribution is -2.35. The van der Waals surface area contributed by atoms with Crippen molar-refractivity contribution in [2.75, 3.05) is 0 Å². The third-order valence-electron chi connectivity index (χ3n) is 9.52. The Morgan fingerprint density at radius 1 is 0.619 bits per heavy atom. The van der Waals surface area contributed by atoms with Crippen molar-refractivity contribution in [2.24, 2.45) is 0 Å². The Morgan fingerprint density at radius 2 is 1.12 bits per heavy atom. The van der Waals surface area contributed by atoms with Crippen LogP contribution < -0.4 is 0 Å². The fraction of sp³-hybridized carbons (Fsp3) is 0.625. The van der Waals surface area contributed by atoms with Gasteiger partial charge in [0.1, 0.15) is 5.82 Å². The Balaban J connectivity index is 1.68. The van der Waals surface area contributed by atoms with Gasteiger partial charge in [-0.3, -0.25) is 0 Å². The van der Waals surface area contributed by atoms with Crippen molar-refractivity contribution >= 4 is 0 Å². The maximum absolute atomic E-state index is 5.10. The molecule has 2 nitrogen and oxygen atoms in total. The molecule has 3 rings (SSSR count). The van der Waals surface area contributed by atoms with Gasteiger partial charge in [-0.25, -0.2) is 4.98 Å². The van der Waals surface area contributed by atoms with E-state index >= 15 is 0 Å². The molecular weight excluding hydrogens is 508 g/mol. The lowest BCUT2D eigenvalue weighted by atomic mass is 9.66. The van der Waals surface area contributed by atoms with E-state index in [1.165, 1.54) is 133 Å². The first kappa shape index (κ1) is 34.1. The van der Waals surface area contributed by atoms with Gasteiger partial charge in [0.15, 0.2) is 0 Å². The highest BCUT2D eigenvalue weighted by molar-refractivity contribution is 5.33. The fourth-order valence-corrected chi connectivity index (χ4v) is 6.89. The maximum Gasteiger partial charge on any atom is 0.112 e. The molecule has 3 aromatic rings. The molecule has 0 radical (unpaired) electrons. The third-order valence-corrected chi connectivity index (χ3v) is 9.52. The number of unbranched alkanes of at least 4 members (excludes halogenated alkanes) is 15. The van der Waals surface area contributed by atoms with Crippen LogP contribution in [0.3, 0.4) is 0 Å². The zero-order valence-electron chi connectivity index (χ0n) is 27.5. The van der Waals surface area contributed by atoms with Crippen molar-refractivity contribution in [2.45, 2.75) is 161 Å². The summed E-state index contributed by atoms with van der Waals surface area (Å²) in [6.45, 7) is 8.20. The number of nitrogens with zero attached hydrogens (tertiary/aromatic N) is 2. The molecule has 0 fully saturated rings. The molecule has 0 aliphatic carbocycles. The average Bonchev–Trinajstić information content (AvgIpc) is 3.48. The van der Waals surface area contributed by atoms with Crippen LogP contribution in [0.4, 0.5) is 0 Å². The molecule has 0 spiro atoms. The number of aryl methyl sites for hydroxylation is 1. The van der Waals surface area contributed by atoms with Gasteiger partial charge in [-0.2, -0.15) is 0 Å². The zero-order chi connectivity index (χ0) is 29.7. The summed E-state index contributed by atoms with van der Waals surface area (Å²) in [6, 6.07) is 22.5. The van der Waals surface area contributed by atoms with E-state index in [0.29, 0.717) is 5.92 Å². The smallest absolute Gasteiger partial charge is 0.112 e. The topological polar surface area (TPSA) is 17.8 Å². The fourth-order valence-electron chi connectivity index (χ4n) is 6.89. The molecular formula is C40H62N2. The number of imidazole rings is 1. The molecule has 2 heteroatoms. The van der Waals surface area contributed by atoms with Crippen molar-refractivity contribution in [1.29, 1.82) is 0 Å². The first-order chi connectivity index (χ1) is 20.7. The van der Waals surface area contributed by atoms with Gasteiger partial charge in [-0.05, 0) is 30.4 Å². The van der Waals surface area contributed by atoms with Gasteiger partial charge in [0.25, 0.3) is 0 Å². The van der Waals surface area contributed by atoms with Gasteiger partial charge in [0, 0.05) is 30.3 Å². The van der Waals surface area contributed by atoms with Crippen molar-refractivity contribution in [1.82, 2.24) is 9.55 Å². The van der Waals surface area contributed by atoms with E-state index < -0.39 is 0 Å². The average molecular weight is 571 g/mol. The molecule has 2 aromatic carbocycles. The predicted octanol–water partition coefficient (Wildman–Crippen LogP) is 12.2. The van der Waals surface area contributed by atoms with E-state index in [9.17, 15) is 0 Å². The molecule has 0 amide bonds. The van der Waals surface area contributed by atoms with Crippen molar-refractivity contribution < 1.29 is 0 Å². The Hall–Kier alpha value is -2.35. The van der Waals surface area contributed by atoms with Gasteiger partial charge in [-0.1, -0.05) is 184 Å². The molecule has 0 saturated carbocycles. The molecule has 232 valence electrons. The minimum atomic E-state index is -0.0221. The minimum absolute atomic E-state index is 0.0221. The summed E-state index contributed by atoms with van der Waals surface area (Å²) in [5, 5.41) is 0. The van der Waals surface area contributed by atoms with Crippen LogP contribution in [0.1, 0.15) is 159 Å². The van der Waals surface area contributed by atoms with Crippen LogP contribution in [0.15, 0.2) is 73.1 Å². The van der Waals surface area contributed by atoms with Gasteiger partial charge < -0.3 is 4.57 Å². The largest absolute Gasteiger partial charge is 0.335 e. The summed E-state index contributed by atoms with van der Waals surface area (Å²) in [5.41, 5.74) is 2.84. The van der Waals surface area contributed by atoms with E-state index in [1.54, 1.807) is 0 Å². The quantitative estimate of drug-likeness (QED) is 0.0979. The molecule has 0 N–H and O–H groups in total. The lowest BCUT2D eigenvalue weighted by molar-refractivity contribution is 0.321. The Bertz CT molecular complexity index is 1040. The Morgan fingerprint density at radius 3 is 1.69 bits per heavy atom. The second kappa shape index (κ2) is 20.5. The molecule has 2 unspecified atom stereocenters. The maximum atomic E-state index is 5.10. The van der Waals surface area contributed by atoms with Crippen LogP contribution in [0, 0.1) is 0 Å². The standard InChI is InChI=1S/C40H62N2/c1-4-6-8-10-11-12-13-14-15-16-17-25-31-38(39-41-32-34-42(39)33-26-18-9-7-5-2)40(3,37-29-23-20-24-30-37)35-36-27-21-19-22-28-36/h19-24,27-30,32,34,38H,4-18,25-26,31,33,35H2,1-3H3. The minimum Gasteiger partial charge on any atom is -0.335 e. The molecule has 42 heavy (non-hydrogen) atoms. The summed E-state index contributed by atoms with van der Waals surface area (Å²) < 4.78 is 2.50. The molecule has 0 aliphatic rings. The number of hydrogen-bond acceptors (Lipinski definition) is 1. The van der Waals surface area contributed by atoms with E-state index in [4.69, 9.17) is 4.98 Å². The van der Waals surface area contributed by atoms with E-state index in [1.807, 2.05) is 0 Å². The number of benzene rings is 2. The molecule has 1 aromatic heterocycles. The van der Waals surface area contributed by atoms with Crippen molar-refractivity contribution in [3.8, 4) is 0 Å². The highest BCUT2D eigenvalue weighted by Crippen LogP contribution is 2.44. The second-order valence-corrected chi connectivity index (χ2v) is 13.1. The first-order valence-corrected chi connectivity index (χ1v) is 17.8. The zero-order valence-corrected chi connectivity index (χ0v) is 27.5. The first-order valence-electron chi connectivity index (χ1n) is 17.8. The Labute approximate surface area is 259 Å². The lowest BCUT2D eigenvalue weighted by Gasteiger charge is -2.39. The monoisotopic (exact) mass is 570 g/mol. The van der Waals surface area contributed by atoms with Gasteiger partial charge >= 0.3 is 0 Å². The van der Waals surface area contributed by atoms with Crippen LogP contribution in [-0.4, -0.2) is 9.55 Å². The molecule has 1 heterocycles.